The summed E-state index contributed by atoms with van der Waals surface area (Å²) in [5, 5.41) is 0. The molecule has 0 spiro atoms. The summed E-state index contributed by atoms with van der Waals surface area (Å²) in [7, 11) is 0. The summed E-state index contributed by atoms with van der Waals surface area (Å²) in [4.78, 5) is 13.6. The molecule has 0 radical (unpaired) electrons. The van der Waals surface area contributed by atoms with E-state index >= 15 is 0 Å². The molecule has 1 aromatic rings. The van der Waals surface area contributed by atoms with Crippen LogP contribution >= 0.6 is 11.6 Å². The van der Waals surface area contributed by atoms with Gasteiger partial charge in [0.1, 0.15) is 5.69 Å². The molecule has 0 N–H and O–H groups in total. The number of pyridine rings is 1. The van der Waals surface area contributed by atoms with Crippen molar-refractivity contribution in [1.29, 1.82) is 0 Å². The van der Waals surface area contributed by atoms with Crippen molar-refractivity contribution in [3.63, 3.8) is 0 Å². The number of carbonyl (C=O) groups is 1. The molecular formula is C8H5ClF3NO. The first kappa shape index (κ1) is 11.0. The monoisotopic (exact) mass is 223 g/mol. The summed E-state index contributed by atoms with van der Waals surface area (Å²) in [6.45, 7) is 0. The predicted octanol–water partition coefficient (Wildman–Crippen LogP) is 2.71. The second kappa shape index (κ2) is 4.41. The Bertz CT molecular complexity index is 357. The molecule has 1 rings (SSSR count). The van der Waals surface area contributed by atoms with Gasteiger partial charge in [-0.15, -0.1) is 11.6 Å². The van der Waals surface area contributed by atoms with Crippen LogP contribution < -0.4 is 0 Å². The van der Waals surface area contributed by atoms with Crippen LogP contribution in [0.3, 0.4) is 0 Å². The molecule has 76 valence electrons. The first-order valence-corrected chi connectivity index (χ1v) is 4.11. The van der Waals surface area contributed by atoms with Gasteiger partial charge in [0.25, 0.3) is 6.43 Å². The fourth-order valence-corrected chi connectivity index (χ4v) is 1.29. The number of alkyl halides is 3. The Kier molecular flexibility index (Phi) is 3.46. The molecule has 0 aromatic carbocycles. The molecule has 0 aliphatic heterocycles. The lowest BCUT2D eigenvalue weighted by Gasteiger charge is -2.07. The van der Waals surface area contributed by atoms with Gasteiger partial charge < -0.3 is 0 Å². The van der Waals surface area contributed by atoms with Crippen LogP contribution in [0, 0.1) is 5.82 Å². The summed E-state index contributed by atoms with van der Waals surface area (Å²) in [6, 6.07) is 0. The lowest BCUT2D eigenvalue weighted by Crippen LogP contribution is -2.04. The third kappa shape index (κ3) is 1.87. The number of rotatable bonds is 3. The number of hydrogen-bond acceptors (Lipinski definition) is 2. The van der Waals surface area contributed by atoms with Crippen LogP contribution in [0.4, 0.5) is 13.2 Å². The SMILES string of the molecule is O=Cc1c(F)cnc(C(F)F)c1CCl. The molecule has 0 fully saturated rings. The topological polar surface area (TPSA) is 30.0 Å². The zero-order valence-electron chi connectivity index (χ0n) is 6.81. The van der Waals surface area contributed by atoms with Crippen molar-refractivity contribution in [1.82, 2.24) is 4.98 Å². The highest BCUT2D eigenvalue weighted by Crippen LogP contribution is 2.25. The zero-order valence-corrected chi connectivity index (χ0v) is 7.56. The predicted molar refractivity (Wildman–Crippen MR) is 44.1 cm³/mol. The van der Waals surface area contributed by atoms with Crippen molar-refractivity contribution in [2.45, 2.75) is 12.3 Å². The van der Waals surface area contributed by atoms with Gasteiger partial charge in [0.15, 0.2) is 12.1 Å². The molecule has 2 nitrogen and oxygen atoms in total. The van der Waals surface area contributed by atoms with E-state index in [4.69, 9.17) is 11.6 Å². The van der Waals surface area contributed by atoms with E-state index in [9.17, 15) is 18.0 Å². The summed E-state index contributed by atoms with van der Waals surface area (Å²) in [5.74, 6) is -1.32. The maximum absolute atomic E-state index is 12.9. The van der Waals surface area contributed by atoms with Crippen LogP contribution in [-0.2, 0) is 5.88 Å². The smallest absolute Gasteiger partial charge is 0.280 e. The summed E-state index contributed by atoms with van der Waals surface area (Å²) < 4.78 is 37.5. The molecule has 0 aliphatic rings. The van der Waals surface area contributed by atoms with Crippen LogP contribution in [0.5, 0.6) is 0 Å². The van der Waals surface area contributed by atoms with E-state index in [2.05, 4.69) is 4.98 Å². The van der Waals surface area contributed by atoms with Crippen molar-refractivity contribution in [3.8, 4) is 0 Å². The fraction of sp³-hybridized carbons (Fsp3) is 0.250. The highest BCUT2D eigenvalue weighted by molar-refractivity contribution is 6.17. The zero-order chi connectivity index (χ0) is 10.7. The molecular weight excluding hydrogens is 219 g/mol. The third-order valence-electron chi connectivity index (χ3n) is 1.67. The lowest BCUT2D eigenvalue weighted by atomic mass is 10.1. The number of carbonyl (C=O) groups excluding carboxylic acids is 1. The molecule has 1 heterocycles. The minimum atomic E-state index is -2.87. The van der Waals surface area contributed by atoms with Gasteiger partial charge in [-0.05, 0) is 0 Å². The molecule has 0 atom stereocenters. The Hall–Kier alpha value is -1.10. The standard InChI is InChI=1S/C8H5ClF3NO/c9-1-4-5(3-14)6(10)2-13-7(4)8(11)12/h2-3,8H,1H2. The number of hydrogen-bond donors (Lipinski definition) is 0. The molecule has 0 aliphatic carbocycles. The van der Waals surface area contributed by atoms with Gasteiger partial charge in [0.05, 0.1) is 17.6 Å². The second-order valence-corrected chi connectivity index (χ2v) is 2.70. The summed E-state index contributed by atoms with van der Waals surface area (Å²) in [6.07, 6.45) is -2.13. The van der Waals surface area contributed by atoms with Crippen molar-refractivity contribution in [2.75, 3.05) is 0 Å². The van der Waals surface area contributed by atoms with E-state index in [1.54, 1.807) is 0 Å². The Balaban J connectivity index is 3.40. The van der Waals surface area contributed by atoms with Gasteiger partial charge in [-0.2, -0.15) is 0 Å². The average Bonchev–Trinajstić information content (AvgIpc) is 2.16. The fourth-order valence-electron chi connectivity index (χ4n) is 1.01. The van der Waals surface area contributed by atoms with E-state index in [-0.39, 0.29) is 17.7 Å². The Morgan fingerprint density at radius 3 is 2.64 bits per heavy atom. The van der Waals surface area contributed by atoms with Crippen molar-refractivity contribution >= 4 is 17.9 Å². The van der Waals surface area contributed by atoms with Crippen LogP contribution in [0.15, 0.2) is 6.20 Å². The minimum Gasteiger partial charge on any atom is -0.298 e. The van der Waals surface area contributed by atoms with Gasteiger partial charge in [-0.25, -0.2) is 13.2 Å². The Morgan fingerprint density at radius 1 is 1.57 bits per heavy atom. The van der Waals surface area contributed by atoms with Crippen LogP contribution in [0.1, 0.15) is 28.0 Å². The Labute approximate surface area is 82.7 Å². The first-order valence-electron chi connectivity index (χ1n) is 3.58. The normalized spacial score (nSPS) is 10.6. The summed E-state index contributed by atoms with van der Waals surface area (Å²) >= 11 is 5.33. The molecule has 14 heavy (non-hydrogen) atoms. The van der Waals surface area contributed by atoms with Gasteiger partial charge in [0, 0.05) is 5.56 Å². The number of halogens is 4. The molecule has 6 heteroatoms. The average molecular weight is 224 g/mol. The van der Waals surface area contributed by atoms with E-state index < -0.39 is 23.5 Å². The van der Waals surface area contributed by atoms with Crippen LogP contribution in [0.25, 0.3) is 0 Å². The van der Waals surface area contributed by atoms with Gasteiger partial charge in [0.2, 0.25) is 0 Å². The molecule has 0 bridgehead atoms. The maximum Gasteiger partial charge on any atom is 0.280 e. The molecule has 0 unspecified atom stereocenters. The maximum atomic E-state index is 12.9. The number of nitrogens with zero attached hydrogens (tertiary/aromatic N) is 1. The molecule has 0 saturated carbocycles. The van der Waals surface area contributed by atoms with E-state index in [0.717, 1.165) is 0 Å². The molecule has 1 aromatic heterocycles. The highest BCUT2D eigenvalue weighted by Gasteiger charge is 2.19. The second-order valence-electron chi connectivity index (χ2n) is 2.44. The van der Waals surface area contributed by atoms with Crippen molar-refractivity contribution < 1.29 is 18.0 Å². The van der Waals surface area contributed by atoms with E-state index in [1.165, 1.54) is 0 Å². The van der Waals surface area contributed by atoms with Crippen molar-refractivity contribution in [3.05, 3.63) is 28.8 Å². The quantitative estimate of drug-likeness (QED) is 0.583. The van der Waals surface area contributed by atoms with Gasteiger partial charge in [-0.3, -0.25) is 9.78 Å². The number of aldehydes is 1. The van der Waals surface area contributed by atoms with Crippen LogP contribution in [-0.4, -0.2) is 11.3 Å². The Morgan fingerprint density at radius 2 is 2.21 bits per heavy atom. The van der Waals surface area contributed by atoms with E-state index in [1.807, 2.05) is 0 Å². The van der Waals surface area contributed by atoms with Crippen LogP contribution in [0.2, 0.25) is 0 Å². The van der Waals surface area contributed by atoms with Gasteiger partial charge >= 0.3 is 0 Å². The highest BCUT2D eigenvalue weighted by atomic mass is 35.5. The van der Waals surface area contributed by atoms with Crippen molar-refractivity contribution in [2.24, 2.45) is 0 Å². The first-order chi connectivity index (χ1) is 6.61. The lowest BCUT2D eigenvalue weighted by molar-refractivity contribution is 0.111. The molecule has 0 amide bonds. The number of aromatic nitrogens is 1. The minimum absolute atomic E-state index is 0.153. The molecule has 0 saturated heterocycles. The largest absolute Gasteiger partial charge is 0.298 e. The van der Waals surface area contributed by atoms with Gasteiger partial charge in [-0.1, -0.05) is 0 Å². The third-order valence-corrected chi connectivity index (χ3v) is 1.93. The summed E-state index contributed by atoms with van der Waals surface area (Å²) in [5.41, 5.74) is -1.36. The van der Waals surface area contributed by atoms with E-state index in [0.29, 0.717) is 6.20 Å².